The Morgan fingerprint density at radius 3 is 2.94 bits per heavy atom. The lowest BCUT2D eigenvalue weighted by atomic mass is 10.2. The lowest BCUT2D eigenvalue weighted by molar-refractivity contribution is -0.137. The van der Waals surface area contributed by atoms with Crippen molar-refractivity contribution in [3.05, 3.63) is 28.4 Å². The summed E-state index contributed by atoms with van der Waals surface area (Å²) < 4.78 is 2.12. The number of nitrogens with zero attached hydrogens (tertiary/aromatic N) is 2. The number of aldehydes is 1. The van der Waals surface area contributed by atoms with Crippen LogP contribution >= 0.6 is 15.9 Å². The highest BCUT2D eigenvalue weighted by atomic mass is 79.9. The molecule has 6 heteroatoms. The molecule has 2 aromatic rings. The molecule has 0 aliphatic carbocycles. The van der Waals surface area contributed by atoms with Gasteiger partial charge in [0, 0.05) is 9.86 Å². The van der Waals surface area contributed by atoms with Crippen LogP contribution in [-0.4, -0.2) is 27.1 Å². The molecule has 2 rings (SSSR count). The first-order chi connectivity index (χ1) is 7.61. The Morgan fingerprint density at radius 2 is 2.31 bits per heavy atom. The topological polar surface area (TPSA) is 72.2 Å². The van der Waals surface area contributed by atoms with Crippen LogP contribution in [0.15, 0.2) is 22.7 Å². The maximum atomic E-state index is 10.8. The zero-order valence-corrected chi connectivity index (χ0v) is 9.64. The molecule has 0 amide bonds. The average Bonchev–Trinajstić information content (AvgIpc) is 2.55. The van der Waals surface area contributed by atoms with Crippen molar-refractivity contribution in [3.8, 4) is 0 Å². The van der Waals surface area contributed by atoms with Crippen LogP contribution in [0.5, 0.6) is 0 Å². The van der Waals surface area contributed by atoms with Crippen LogP contribution in [-0.2, 0) is 11.3 Å². The van der Waals surface area contributed by atoms with Gasteiger partial charge in [-0.3, -0.25) is 14.3 Å². The summed E-state index contributed by atoms with van der Waals surface area (Å²) in [5.41, 5.74) is 0.880. The SMILES string of the molecule is O=Cc1nn(CC(=O)O)c2ccc(Br)cc12. The van der Waals surface area contributed by atoms with Gasteiger partial charge in [0.2, 0.25) is 0 Å². The monoisotopic (exact) mass is 282 g/mol. The Bertz CT molecular complexity index is 577. The van der Waals surface area contributed by atoms with Crippen LogP contribution in [0.3, 0.4) is 0 Å². The smallest absolute Gasteiger partial charge is 0.325 e. The molecule has 0 aliphatic rings. The lowest BCUT2D eigenvalue weighted by Gasteiger charge is -1.98. The van der Waals surface area contributed by atoms with Gasteiger partial charge in [-0.25, -0.2) is 0 Å². The van der Waals surface area contributed by atoms with E-state index in [0.717, 1.165) is 4.47 Å². The van der Waals surface area contributed by atoms with Gasteiger partial charge >= 0.3 is 5.97 Å². The van der Waals surface area contributed by atoms with Crippen molar-refractivity contribution in [2.75, 3.05) is 0 Å². The first-order valence-electron chi connectivity index (χ1n) is 4.45. The van der Waals surface area contributed by atoms with Crippen molar-refractivity contribution in [1.82, 2.24) is 9.78 Å². The fourth-order valence-electron chi connectivity index (χ4n) is 1.51. The van der Waals surface area contributed by atoms with Gasteiger partial charge in [-0.1, -0.05) is 15.9 Å². The van der Waals surface area contributed by atoms with Gasteiger partial charge in [0.25, 0.3) is 0 Å². The van der Waals surface area contributed by atoms with Crippen LogP contribution in [0.2, 0.25) is 0 Å². The third-order valence-electron chi connectivity index (χ3n) is 2.14. The Balaban J connectivity index is 2.67. The van der Waals surface area contributed by atoms with Crippen LogP contribution in [0.4, 0.5) is 0 Å². The first kappa shape index (κ1) is 10.8. The number of hydrogen-bond acceptors (Lipinski definition) is 3. The summed E-state index contributed by atoms with van der Waals surface area (Å²) in [5, 5.41) is 13.3. The number of halogens is 1. The quantitative estimate of drug-likeness (QED) is 0.870. The predicted molar refractivity (Wildman–Crippen MR) is 60.5 cm³/mol. The highest BCUT2D eigenvalue weighted by molar-refractivity contribution is 9.10. The number of carboxylic acid groups (broad SMARTS) is 1. The second-order valence-corrected chi connectivity index (χ2v) is 4.13. The summed E-state index contributed by atoms with van der Waals surface area (Å²) in [6, 6.07) is 5.24. The number of fused-ring (bicyclic) bond motifs is 1. The summed E-state index contributed by atoms with van der Waals surface area (Å²) in [7, 11) is 0. The molecule has 0 bridgehead atoms. The molecule has 0 fully saturated rings. The molecule has 1 aromatic heterocycles. The molecule has 82 valence electrons. The molecule has 1 aromatic carbocycles. The van der Waals surface area contributed by atoms with Gasteiger partial charge in [0.05, 0.1) is 5.52 Å². The number of hydrogen-bond donors (Lipinski definition) is 1. The minimum atomic E-state index is -0.996. The molecule has 0 radical (unpaired) electrons. The third kappa shape index (κ3) is 1.83. The molecular weight excluding hydrogens is 276 g/mol. The van der Waals surface area contributed by atoms with E-state index in [0.29, 0.717) is 17.2 Å². The number of benzene rings is 1. The Labute approximate surface area is 98.8 Å². The molecule has 16 heavy (non-hydrogen) atoms. The van der Waals surface area contributed by atoms with E-state index in [1.807, 2.05) is 0 Å². The number of rotatable bonds is 3. The molecule has 0 saturated heterocycles. The molecule has 0 aliphatic heterocycles. The molecule has 0 unspecified atom stereocenters. The molecular formula is C10H7BrN2O3. The maximum Gasteiger partial charge on any atom is 0.325 e. The Hall–Kier alpha value is -1.69. The first-order valence-corrected chi connectivity index (χ1v) is 5.24. The summed E-state index contributed by atoms with van der Waals surface area (Å²) in [6.07, 6.45) is 0.618. The van der Waals surface area contributed by atoms with Crippen molar-refractivity contribution < 1.29 is 14.7 Å². The Kier molecular flexibility index (Phi) is 2.74. The van der Waals surface area contributed by atoms with Crippen molar-refractivity contribution in [2.45, 2.75) is 6.54 Å². The normalized spacial score (nSPS) is 10.6. The molecule has 5 nitrogen and oxygen atoms in total. The van der Waals surface area contributed by atoms with Crippen molar-refractivity contribution in [3.63, 3.8) is 0 Å². The summed E-state index contributed by atoms with van der Waals surface area (Å²) in [4.78, 5) is 21.4. The predicted octanol–water partition coefficient (Wildman–Crippen LogP) is 1.70. The number of carbonyl (C=O) groups is 2. The fraction of sp³-hybridized carbons (Fsp3) is 0.100. The van der Waals surface area contributed by atoms with E-state index >= 15 is 0 Å². The van der Waals surface area contributed by atoms with Gasteiger partial charge in [-0.05, 0) is 18.2 Å². The number of aromatic nitrogens is 2. The van der Waals surface area contributed by atoms with Crippen molar-refractivity contribution in [1.29, 1.82) is 0 Å². The molecule has 1 N–H and O–H groups in total. The van der Waals surface area contributed by atoms with Crippen LogP contribution in [0.25, 0.3) is 10.9 Å². The summed E-state index contributed by atoms with van der Waals surface area (Å²) in [5.74, 6) is -0.996. The third-order valence-corrected chi connectivity index (χ3v) is 2.63. The van der Waals surface area contributed by atoms with Gasteiger partial charge in [0.1, 0.15) is 12.2 Å². The fourth-order valence-corrected chi connectivity index (χ4v) is 1.87. The van der Waals surface area contributed by atoms with Gasteiger partial charge in [-0.2, -0.15) is 5.10 Å². The van der Waals surface area contributed by atoms with E-state index < -0.39 is 5.97 Å². The molecule has 0 atom stereocenters. The van der Waals surface area contributed by atoms with Gasteiger partial charge in [-0.15, -0.1) is 0 Å². The van der Waals surface area contributed by atoms with E-state index in [1.165, 1.54) is 4.68 Å². The minimum Gasteiger partial charge on any atom is -0.480 e. The average molecular weight is 283 g/mol. The van der Waals surface area contributed by atoms with Crippen molar-refractivity contribution >= 4 is 39.1 Å². The Morgan fingerprint density at radius 1 is 1.56 bits per heavy atom. The number of aliphatic carboxylic acids is 1. The highest BCUT2D eigenvalue weighted by Gasteiger charge is 2.11. The minimum absolute atomic E-state index is 0.248. The van der Waals surface area contributed by atoms with E-state index in [9.17, 15) is 9.59 Å². The zero-order chi connectivity index (χ0) is 11.7. The highest BCUT2D eigenvalue weighted by Crippen LogP contribution is 2.22. The summed E-state index contributed by atoms with van der Waals surface area (Å²) >= 11 is 3.29. The second kappa shape index (κ2) is 4.05. The lowest BCUT2D eigenvalue weighted by Crippen LogP contribution is -2.10. The van der Waals surface area contributed by atoms with E-state index in [-0.39, 0.29) is 12.2 Å². The van der Waals surface area contributed by atoms with Crippen LogP contribution < -0.4 is 0 Å². The number of carbonyl (C=O) groups excluding carboxylic acids is 1. The molecule has 0 saturated carbocycles. The maximum absolute atomic E-state index is 10.8. The standard InChI is InChI=1S/C10H7BrN2O3/c11-6-1-2-9-7(3-6)8(5-14)12-13(9)4-10(15)16/h1-3,5H,4H2,(H,15,16). The largest absolute Gasteiger partial charge is 0.480 e. The molecule has 0 spiro atoms. The second-order valence-electron chi connectivity index (χ2n) is 3.22. The van der Waals surface area contributed by atoms with E-state index in [1.54, 1.807) is 18.2 Å². The summed E-state index contributed by atoms with van der Waals surface area (Å²) in [6.45, 7) is -0.258. The van der Waals surface area contributed by atoms with E-state index in [4.69, 9.17) is 5.11 Å². The van der Waals surface area contributed by atoms with Crippen molar-refractivity contribution in [2.24, 2.45) is 0 Å². The van der Waals surface area contributed by atoms with Gasteiger partial charge < -0.3 is 5.11 Å². The van der Waals surface area contributed by atoms with E-state index in [2.05, 4.69) is 21.0 Å². The zero-order valence-electron chi connectivity index (χ0n) is 8.05. The van der Waals surface area contributed by atoms with Crippen LogP contribution in [0, 0.1) is 0 Å². The molecule has 1 heterocycles. The van der Waals surface area contributed by atoms with Gasteiger partial charge in [0.15, 0.2) is 6.29 Å². The number of carboxylic acids is 1. The van der Waals surface area contributed by atoms with Crippen LogP contribution in [0.1, 0.15) is 10.5 Å².